The molecule has 162 valence electrons. The molecular formula is C30H27N3. The average molecular weight is 430 g/mol. The van der Waals surface area contributed by atoms with Crippen LogP contribution in [0.25, 0.3) is 32.8 Å². The molecule has 0 N–H and O–H groups in total. The van der Waals surface area contributed by atoms with Crippen LogP contribution in [0.2, 0.25) is 0 Å². The maximum Gasteiger partial charge on any atom is 0.0876 e. The molecule has 0 aliphatic rings. The van der Waals surface area contributed by atoms with Crippen LogP contribution in [0.5, 0.6) is 0 Å². The number of benzene rings is 3. The Labute approximate surface area is 194 Å². The van der Waals surface area contributed by atoms with Crippen LogP contribution in [-0.2, 0) is 14.1 Å². The van der Waals surface area contributed by atoms with Gasteiger partial charge in [0.1, 0.15) is 0 Å². The van der Waals surface area contributed by atoms with Gasteiger partial charge in [0.25, 0.3) is 0 Å². The summed E-state index contributed by atoms with van der Waals surface area (Å²) in [5, 5.41) is 4.83. The number of allylic oxidation sites excluding steroid dienone is 2. The molecule has 0 unspecified atom stereocenters. The fraction of sp³-hybridized carbons (Fsp3) is 0.100. The number of aryl methyl sites for hydroxylation is 2. The molecule has 3 aromatic carbocycles. The van der Waals surface area contributed by atoms with Gasteiger partial charge in [0.15, 0.2) is 0 Å². The summed E-state index contributed by atoms with van der Waals surface area (Å²) < 4.78 is 4.19. The van der Waals surface area contributed by atoms with Crippen LogP contribution in [0.1, 0.15) is 23.9 Å². The third kappa shape index (κ3) is 3.83. The van der Waals surface area contributed by atoms with Crippen LogP contribution in [0.3, 0.4) is 0 Å². The molecule has 2 heterocycles. The number of aromatic nitrogens is 2. The number of hydrogen-bond acceptors (Lipinski definition) is 1. The SMILES string of the molecule is C=C(C=C(N=C(C)c1cccn1C)c1cccn1C)c1c2ccccc2cc2ccccc12. The minimum Gasteiger partial charge on any atom is -0.350 e. The summed E-state index contributed by atoms with van der Waals surface area (Å²) in [5.74, 6) is 0. The maximum absolute atomic E-state index is 5.08. The summed E-state index contributed by atoms with van der Waals surface area (Å²) in [4.78, 5) is 5.08. The smallest absolute Gasteiger partial charge is 0.0876 e. The Morgan fingerprint density at radius 2 is 1.30 bits per heavy atom. The van der Waals surface area contributed by atoms with Crippen molar-refractivity contribution in [1.82, 2.24) is 9.13 Å². The Bertz CT molecular complexity index is 1500. The van der Waals surface area contributed by atoms with Crippen LogP contribution < -0.4 is 0 Å². The van der Waals surface area contributed by atoms with Crippen molar-refractivity contribution in [3.63, 3.8) is 0 Å². The number of fused-ring (bicyclic) bond motifs is 2. The Kier molecular flexibility index (Phi) is 5.31. The molecule has 0 radical (unpaired) electrons. The molecule has 0 saturated heterocycles. The molecular weight excluding hydrogens is 402 g/mol. The normalized spacial score (nSPS) is 12.6. The zero-order chi connectivity index (χ0) is 22.9. The van der Waals surface area contributed by atoms with Gasteiger partial charge in [-0.25, -0.2) is 4.99 Å². The third-order valence-corrected chi connectivity index (χ3v) is 6.21. The quantitative estimate of drug-likeness (QED) is 0.160. The summed E-state index contributed by atoms with van der Waals surface area (Å²) in [6.45, 7) is 6.59. The number of rotatable bonds is 5. The maximum atomic E-state index is 5.08. The van der Waals surface area contributed by atoms with Crippen LogP contribution in [0.15, 0.2) is 109 Å². The molecule has 2 aromatic heterocycles. The minimum absolute atomic E-state index is 0.892. The molecule has 0 spiro atoms. The first kappa shape index (κ1) is 20.8. The van der Waals surface area contributed by atoms with Gasteiger partial charge in [-0.15, -0.1) is 0 Å². The van der Waals surface area contributed by atoms with E-state index in [0.717, 1.165) is 33.9 Å². The van der Waals surface area contributed by atoms with Gasteiger partial charge in [0.2, 0.25) is 0 Å². The second-order valence-electron chi connectivity index (χ2n) is 8.45. The van der Waals surface area contributed by atoms with E-state index in [4.69, 9.17) is 4.99 Å². The van der Waals surface area contributed by atoms with Crippen molar-refractivity contribution in [2.75, 3.05) is 0 Å². The number of hydrogen-bond donors (Lipinski definition) is 0. The first-order chi connectivity index (χ1) is 16.0. The Hall–Kier alpha value is -4.11. The lowest BCUT2D eigenvalue weighted by Crippen LogP contribution is -2.03. The van der Waals surface area contributed by atoms with Gasteiger partial charge >= 0.3 is 0 Å². The van der Waals surface area contributed by atoms with Crippen LogP contribution in [0.4, 0.5) is 0 Å². The van der Waals surface area contributed by atoms with Crippen molar-refractivity contribution >= 4 is 38.5 Å². The third-order valence-electron chi connectivity index (χ3n) is 6.21. The summed E-state index contributed by atoms with van der Waals surface area (Å²) >= 11 is 0. The van der Waals surface area contributed by atoms with Gasteiger partial charge < -0.3 is 9.13 Å². The average Bonchev–Trinajstić information content (AvgIpc) is 3.44. The number of nitrogens with zero attached hydrogens (tertiary/aromatic N) is 3. The Morgan fingerprint density at radius 3 is 1.85 bits per heavy atom. The second-order valence-corrected chi connectivity index (χ2v) is 8.45. The van der Waals surface area contributed by atoms with Gasteiger partial charge in [-0.3, -0.25) is 0 Å². The molecule has 0 fully saturated rings. The molecule has 3 heteroatoms. The van der Waals surface area contributed by atoms with Crippen molar-refractivity contribution < 1.29 is 0 Å². The minimum atomic E-state index is 0.892. The Balaban J connectivity index is 1.72. The van der Waals surface area contributed by atoms with Crippen molar-refractivity contribution in [1.29, 1.82) is 0 Å². The van der Waals surface area contributed by atoms with E-state index in [2.05, 4.69) is 95.4 Å². The van der Waals surface area contributed by atoms with Gasteiger partial charge in [-0.2, -0.15) is 0 Å². The predicted molar refractivity (Wildman–Crippen MR) is 142 cm³/mol. The van der Waals surface area contributed by atoms with E-state index in [9.17, 15) is 0 Å². The number of aliphatic imine (C=N–C) groups is 1. The van der Waals surface area contributed by atoms with Crippen molar-refractivity contribution in [3.05, 3.63) is 121 Å². The first-order valence-corrected chi connectivity index (χ1v) is 11.1. The van der Waals surface area contributed by atoms with Crippen molar-refractivity contribution in [3.8, 4) is 0 Å². The van der Waals surface area contributed by atoms with Crippen LogP contribution in [0, 0.1) is 0 Å². The van der Waals surface area contributed by atoms with Crippen molar-refractivity contribution in [2.45, 2.75) is 6.92 Å². The Morgan fingerprint density at radius 1 is 0.758 bits per heavy atom. The van der Waals surface area contributed by atoms with Gasteiger partial charge in [-0.05, 0) is 76.0 Å². The van der Waals surface area contributed by atoms with E-state index < -0.39 is 0 Å². The fourth-order valence-corrected chi connectivity index (χ4v) is 4.56. The molecule has 0 aliphatic carbocycles. The molecule has 5 rings (SSSR count). The summed E-state index contributed by atoms with van der Waals surface area (Å²) in [5.41, 5.74) is 6.10. The van der Waals surface area contributed by atoms with Gasteiger partial charge in [-0.1, -0.05) is 55.1 Å². The lowest BCUT2D eigenvalue weighted by atomic mass is 9.92. The molecule has 33 heavy (non-hydrogen) atoms. The molecule has 0 bridgehead atoms. The molecule has 0 amide bonds. The topological polar surface area (TPSA) is 22.2 Å². The van der Waals surface area contributed by atoms with E-state index in [1.54, 1.807) is 0 Å². The molecule has 3 nitrogen and oxygen atoms in total. The van der Waals surface area contributed by atoms with Gasteiger partial charge in [0, 0.05) is 26.5 Å². The molecule has 0 saturated carbocycles. The summed E-state index contributed by atoms with van der Waals surface area (Å²) in [6.07, 6.45) is 6.21. The van der Waals surface area contributed by atoms with Crippen LogP contribution >= 0.6 is 0 Å². The summed E-state index contributed by atoms with van der Waals surface area (Å²) in [7, 11) is 4.09. The largest absolute Gasteiger partial charge is 0.350 e. The monoisotopic (exact) mass is 429 g/mol. The highest BCUT2D eigenvalue weighted by atomic mass is 15.0. The molecule has 5 aromatic rings. The van der Waals surface area contributed by atoms with E-state index in [1.807, 2.05) is 38.6 Å². The highest BCUT2D eigenvalue weighted by Gasteiger charge is 2.13. The lowest BCUT2D eigenvalue weighted by Gasteiger charge is -2.14. The zero-order valence-corrected chi connectivity index (χ0v) is 19.3. The molecule has 0 aliphatic heterocycles. The van der Waals surface area contributed by atoms with E-state index in [0.29, 0.717) is 0 Å². The van der Waals surface area contributed by atoms with E-state index >= 15 is 0 Å². The second kappa shape index (κ2) is 8.44. The van der Waals surface area contributed by atoms with Crippen molar-refractivity contribution in [2.24, 2.45) is 19.1 Å². The summed E-state index contributed by atoms with van der Waals surface area (Å²) in [6, 6.07) is 27.6. The van der Waals surface area contributed by atoms with E-state index in [-0.39, 0.29) is 0 Å². The predicted octanol–water partition coefficient (Wildman–Crippen LogP) is 7.23. The lowest BCUT2D eigenvalue weighted by molar-refractivity contribution is 0.903. The zero-order valence-electron chi connectivity index (χ0n) is 19.3. The van der Waals surface area contributed by atoms with E-state index in [1.165, 1.54) is 21.5 Å². The standard InChI is InChI=1S/C30H27N3/c1-21(30-25-13-7-5-11-23(25)20-24-12-6-8-14-26(24)30)19-27(29-16-10-18-33(29)4)31-22(2)28-15-9-17-32(28)3/h5-20H,1H2,2-4H3. The van der Waals surface area contributed by atoms with Crippen LogP contribution in [-0.4, -0.2) is 14.8 Å². The highest BCUT2D eigenvalue weighted by molar-refractivity contribution is 6.11. The highest BCUT2D eigenvalue weighted by Crippen LogP contribution is 2.35. The fourth-order valence-electron chi connectivity index (χ4n) is 4.56. The van der Waals surface area contributed by atoms with Gasteiger partial charge in [0.05, 0.1) is 22.8 Å². The molecule has 0 atom stereocenters. The first-order valence-electron chi connectivity index (χ1n) is 11.1.